The summed E-state index contributed by atoms with van der Waals surface area (Å²) in [6.45, 7) is 0.473. The number of nitro benzene ring substituents is 2. The van der Waals surface area contributed by atoms with E-state index in [-0.39, 0.29) is 54.1 Å². The third-order valence-electron chi connectivity index (χ3n) is 5.19. The lowest BCUT2D eigenvalue weighted by Gasteiger charge is -2.22. The molecule has 1 heterocycles. The molecule has 3 aromatic carbocycles. The molecule has 0 aliphatic rings. The molecule has 0 radical (unpaired) electrons. The van der Waals surface area contributed by atoms with Gasteiger partial charge in [0.15, 0.2) is 0 Å². The minimum atomic E-state index is -0.549. The Balaban J connectivity index is 1.54. The summed E-state index contributed by atoms with van der Waals surface area (Å²) in [4.78, 5) is 40.2. The van der Waals surface area contributed by atoms with Crippen LogP contribution in [0.15, 0.2) is 83.4 Å². The number of amides is 1. The molecule has 0 saturated carbocycles. The minimum Gasteiger partial charge on any atom is -0.339 e. The zero-order chi connectivity index (χ0) is 24.8. The van der Waals surface area contributed by atoms with Crippen molar-refractivity contribution in [2.24, 2.45) is 0 Å². The van der Waals surface area contributed by atoms with Crippen molar-refractivity contribution in [3.63, 3.8) is 0 Å². The molecule has 0 atom stereocenters. The standard InChI is InChI=1S/C24H19N5O6/c30-24(19-9-5-11-21(15-19)29(33)34)27(16-17-6-2-1-3-7-17)13-12-22-25-23(26-35-22)18-8-4-10-20(14-18)28(31)32/h1-11,14-15H,12-13,16H2. The van der Waals surface area contributed by atoms with Crippen molar-refractivity contribution in [2.75, 3.05) is 6.54 Å². The van der Waals surface area contributed by atoms with Gasteiger partial charge in [-0.3, -0.25) is 25.0 Å². The Morgan fingerprint density at radius 3 is 2.29 bits per heavy atom. The molecule has 11 nitrogen and oxygen atoms in total. The first-order valence-electron chi connectivity index (χ1n) is 10.6. The predicted octanol–water partition coefficient (Wildman–Crippen LogP) is 4.44. The van der Waals surface area contributed by atoms with Crippen molar-refractivity contribution in [1.29, 1.82) is 0 Å². The molecule has 0 aliphatic heterocycles. The molecule has 35 heavy (non-hydrogen) atoms. The van der Waals surface area contributed by atoms with Gasteiger partial charge in [0.2, 0.25) is 11.7 Å². The largest absolute Gasteiger partial charge is 0.339 e. The van der Waals surface area contributed by atoms with Crippen LogP contribution < -0.4 is 0 Å². The number of carbonyl (C=O) groups excluding carboxylic acids is 1. The smallest absolute Gasteiger partial charge is 0.270 e. The van der Waals surface area contributed by atoms with Gasteiger partial charge < -0.3 is 9.42 Å². The second-order valence-corrected chi connectivity index (χ2v) is 7.59. The monoisotopic (exact) mass is 473 g/mol. The first-order valence-corrected chi connectivity index (χ1v) is 10.6. The van der Waals surface area contributed by atoms with Crippen molar-refractivity contribution in [3.8, 4) is 11.4 Å². The SMILES string of the molecule is O=C(c1cccc([N+](=O)[O-])c1)N(CCc1nc(-c2cccc([N+](=O)[O-])c2)no1)Cc1ccccc1. The normalized spacial score (nSPS) is 10.6. The molecule has 176 valence electrons. The Morgan fingerprint density at radius 2 is 1.57 bits per heavy atom. The average molecular weight is 473 g/mol. The van der Waals surface area contributed by atoms with E-state index in [1.807, 2.05) is 30.3 Å². The highest BCUT2D eigenvalue weighted by atomic mass is 16.6. The van der Waals surface area contributed by atoms with Gasteiger partial charge in [0, 0.05) is 54.9 Å². The number of benzene rings is 3. The lowest BCUT2D eigenvalue weighted by Crippen LogP contribution is -2.32. The average Bonchev–Trinajstić information content (AvgIpc) is 3.36. The van der Waals surface area contributed by atoms with Crippen LogP contribution in [0.3, 0.4) is 0 Å². The summed E-state index contributed by atoms with van der Waals surface area (Å²) in [6.07, 6.45) is 0.218. The highest BCUT2D eigenvalue weighted by Crippen LogP contribution is 2.22. The van der Waals surface area contributed by atoms with Crippen LogP contribution in [0.5, 0.6) is 0 Å². The fourth-order valence-corrected chi connectivity index (χ4v) is 3.45. The van der Waals surface area contributed by atoms with Crippen molar-refractivity contribution in [1.82, 2.24) is 15.0 Å². The molecular weight excluding hydrogens is 454 g/mol. The molecule has 0 fully saturated rings. The summed E-state index contributed by atoms with van der Waals surface area (Å²) >= 11 is 0. The van der Waals surface area contributed by atoms with E-state index in [1.165, 1.54) is 42.5 Å². The zero-order valence-corrected chi connectivity index (χ0v) is 18.3. The molecule has 0 unspecified atom stereocenters. The molecule has 1 amide bonds. The van der Waals surface area contributed by atoms with Crippen LogP contribution >= 0.6 is 0 Å². The minimum absolute atomic E-state index is 0.0922. The van der Waals surface area contributed by atoms with Gasteiger partial charge in [-0.25, -0.2) is 0 Å². The van der Waals surface area contributed by atoms with Crippen LogP contribution in [0, 0.1) is 20.2 Å². The maximum atomic E-state index is 13.2. The van der Waals surface area contributed by atoms with Crippen LogP contribution in [-0.4, -0.2) is 37.3 Å². The van der Waals surface area contributed by atoms with E-state index in [2.05, 4.69) is 10.1 Å². The van der Waals surface area contributed by atoms with Gasteiger partial charge in [-0.1, -0.05) is 53.7 Å². The Bertz CT molecular complexity index is 1370. The number of hydrogen-bond acceptors (Lipinski definition) is 8. The Labute approximate surface area is 198 Å². The molecule has 4 aromatic rings. The lowest BCUT2D eigenvalue weighted by atomic mass is 10.1. The lowest BCUT2D eigenvalue weighted by molar-refractivity contribution is -0.385. The number of hydrogen-bond donors (Lipinski definition) is 0. The van der Waals surface area contributed by atoms with Crippen LogP contribution in [0.1, 0.15) is 21.8 Å². The van der Waals surface area contributed by atoms with Crippen molar-refractivity contribution >= 4 is 17.3 Å². The van der Waals surface area contributed by atoms with Crippen LogP contribution in [0.2, 0.25) is 0 Å². The van der Waals surface area contributed by atoms with Gasteiger partial charge in [0.1, 0.15) is 0 Å². The highest BCUT2D eigenvalue weighted by Gasteiger charge is 2.20. The predicted molar refractivity (Wildman–Crippen MR) is 124 cm³/mol. The number of aromatic nitrogens is 2. The van der Waals surface area contributed by atoms with E-state index in [9.17, 15) is 25.0 Å². The van der Waals surface area contributed by atoms with Gasteiger partial charge >= 0.3 is 0 Å². The maximum absolute atomic E-state index is 13.2. The molecule has 0 bridgehead atoms. The topological polar surface area (TPSA) is 146 Å². The van der Waals surface area contributed by atoms with Crippen molar-refractivity contribution < 1.29 is 19.2 Å². The Morgan fingerprint density at radius 1 is 0.886 bits per heavy atom. The van der Waals surface area contributed by atoms with Gasteiger partial charge in [-0.05, 0) is 11.6 Å². The number of nitrogens with zero attached hydrogens (tertiary/aromatic N) is 5. The van der Waals surface area contributed by atoms with E-state index < -0.39 is 9.85 Å². The Hall–Kier alpha value is -4.93. The number of rotatable bonds is 9. The Kier molecular flexibility index (Phi) is 6.86. The summed E-state index contributed by atoms with van der Waals surface area (Å²) in [5.41, 5.74) is 1.24. The second-order valence-electron chi connectivity index (χ2n) is 7.59. The third-order valence-corrected chi connectivity index (χ3v) is 5.19. The molecule has 0 N–H and O–H groups in total. The molecule has 4 rings (SSSR count). The van der Waals surface area contributed by atoms with Crippen molar-refractivity contribution in [2.45, 2.75) is 13.0 Å². The fourth-order valence-electron chi connectivity index (χ4n) is 3.45. The summed E-state index contributed by atoms with van der Waals surface area (Å²) in [5.74, 6) is 0.0655. The van der Waals surface area contributed by atoms with Gasteiger partial charge in [-0.15, -0.1) is 0 Å². The van der Waals surface area contributed by atoms with E-state index in [0.29, 0.717) is 5.56 Å². The van der Waals surface area contributed by atoms with Gasteiger partial charge in [0.25, 0.3) is 17.3 Å². The highest BCUT2D eigenvalue weighted by molar-refractivity contribution is 5.94. The molecule has 0 saturated heterocycles. The van der Waals surface area contributed by atoms with E-state index in [0.717, 1.165) is 5.56 Å². The quantitative estimate of drug-likeness (QED) is 0.256. The molecule has 1 aromatic heterocycles. The number of nitro groups is 2. The van der Waals surface area contributed by atoms with Gasteiger partial charge in [-0.2, -0.15) is 4.98 Å². The maximum Gasteiger partial charge on any atom is 0.270 e. The van der Waals surface area contributed by atoms with E-state index in [1.54, 1.807) is 11.0 Å². The van der Waals surface area contributed by atoms with E-state index >= 15 is 0 Å². The van der Waals surface area contributed by atoms with Crippen LogP contribution in [0.25, 0.3) is 11.4 Å². The molecule has 0 aliphatic carbocycles. The van der Waals surface area contributed by atoms with Crippen LogP contribution in [0.4, 0.5) is 11.4 Å². The molecule has 0 spiro atoms. The first kappa shape index (κ1) is 23.2. The fraction of sp³-hybridized carbons (Fsp3) is 0.125. The number of carbonyl (C=O) groups is 1. The molecular formula is C24H19N5O6. The van der Waals surface area contributed by atoms with Crippen molar-refractivity contribution in [3.05, 3.63) is 116 Å². The number of non-ortho nitro benzene ring substituents is 2. The summed E-state index contributed by atoms with van der Waals surface area (Å²) < 4.78 is 5.30. The summed E-state index contributed by atoms with van der Waals surface area (Å²) in [5, 5.41) is 26.1. The summed E-state index contributed by atoms with van der Waals surface area (Å²) in [6, 6.07) is 20.8. The van der Waals surface area contributed by atoms with Crippen LogP contribution in [-0.2, 0) is 13.0 Å². The third kappa shape index (κ3) is 5.71. The summed E-state index contributed by atoms with van der Waals surface area (Å²) in [7, 11) is 0. The van der Waals surface area contributed by atoms with E-state index in [4.69, 9.17) is 4.52 Å². The zero-order valence-electron chi connectivity index (χ0n) is 18.3. The second kappa shape index (κ2) is 10.3. The van der Waals surface area contributed by atoms with Gasteiger partial charge in [0.05, 0.1) is 9.85 Å². The molecule has 11 heteroatoms. The first-order chi connectivity index (χ1) is 16.9.